The highest BCUT2D eigenvalue weighted by Gasteiger charge is 2.27. The Morgan fingerprint density at radius 2 is 2.50 bits per heavy atom. The van der Waals surface area contributed by atoms with Gasteiger partial charge in [-0.2, -0.15) is 0 Å². The zero-order valence-corrected chi connectivity index (χ0v) is 8.05. The fraction of sp³-hybridized carbons (Fsp3) is 0.625. The first-order valence-electron chi connectivity index (χ1n) is 4.53. The summed E-state index contributed by atoms with van der Waals surface area (Å²) in [5, 5.41) is 7.72. The molecular weight excluding hydrogens is 182 g/mol. The highest BCUT2D eigenvalue weighted by molar-refractivity contribution is 5.79. The predicted molar refractivity (Wildman–Crippen MR) is 49.0 cm³/mol. The molecule has 1 aliphatic rings. The van der Waals surface area contributed by atoms with Gasteiger partial charge in [0.25, 0.3) is 0 Å². The second-order valence-electron chi connectivity index (χ2n) is 3.62. The Balaban J connectivity index is 2.01. The SMILES string of the molecule is Cn1cc(CN2CC(N)CC2=O)nn1. The van der Waals surface area contributed by atoms with Crippen molar-refractivity contribution in [1.82, 2.24) is 19.9 Å². The van der Waals surface area contributed by atoms with Crippen molar-refractivity contribution in [1.29, 1.82) is 0 Å². The largest absolute Gasteiger partial charge is 0.335 e. The summed E-state index contributed by atoms with van der Waals surface area (Å²) in [4.78, 5) is 13.1. The van der Waals surface area contributed by atoms with Gasteiger partial charge >= 0.3 is 0 Å². The summed E-state index contributed by atoms with van der Waals surface area (Å²) < 4.78 is 1.62. The lowest BCUT2D eigenvalue weighted by Crippen LogP contribution is -2.27. The lowest BCUT2D eigenvalue weighted by molar-refractivity contribution is -0.128. The van der Waals surface area contributed by atoms with Crippen LogP contribution in [0.25, 0.3) is 0 Å². The number of hydrogen-bond donors (Lipinski definition) is 1. The Labute approximate surface area is 81.7 Å². The Kier molecular flexibility index (Phi) is 2.20. The average Bonchev–Trinajstić information content (AvgIpc) is 2.61. The summed E-state index contributed by atoms with van der Waals surface area (Å²) in [6, 6.07) is -0.0285. The highest BCUT2D eigenvalue weighted by atomic mass is 16.2. The molecule has 2 heterocycles. The monoisotopic (exact) mass is 195 g/mol. The molecule has 1 unspecified atom stereocenters. The molecule has 0 aromatic carbocycles. The van der Waals surface area contributed by atoms with Crippen molar-refractivity contribution in [3.8, 4) is 0 Å². The zero-order chi connectivity index (χ0) is 10.1. The van der Waals surface area contributed by atoms with Crippen LogP contribution in [0.2, 0.25) is 0 Å². The second kappa shape index (κ2) is 3.38. The third-order valence-electron chi connectivity index (χ3n) is 2.25. The molecule has 1 saturated heterocycles. The van der Waals surface area contributed by atoms with E-state index in [0.29, 0.717) is 19.5 Å². The average molecular weight is 195 g/mol. The molecule has 1 fully saturated rings. The molecule has 1 aliphatic heterocycles. The van der Waals surface area contributed by atoms with Gasteiger partial charge in [0.2, 0.25) is 5.91 Å². The zero-order valence-electron chi connectivity index (χ0n) is 8.05. The van der Waals surface area contributed by atoms with Crippen LogP contribution < -0.4 is 5.73 Å². The van der Waals surface area contributed by atoms with Crippen molar-refractivity contribution in [2.24, 2.45) is 12.8 Å². The molecule has 2 rings (SSSR count). The standard InChI is InChI=1S/C8H13N5O/c1-12-4-7(10-11-12)5-13-3-6(9)2-8(13)14/h4,6H,2-3,5,9H2,1H3. The van der Waals surface area contributed by atoms with E-state index in [1.54, 1.807) is 22.8 Å². The van der Waals surface area contributed by atoms with E-state index in [9.17, 15) is 4.79 Å². The number of likely N-dealkylation sites (tertiary alicyclic amines) is 1. The number of aromatic nitrogens is 3. The van der Waals surface area contributed by atoms with Crippen molar-refractivity contribution >= 4 is 5.91 Å². The van der Waals surface area contributed by atoms with E-state index in [-0.39, 0.29) is 11.9 Å². The van der Waals surface area contributed by atoms with Crippen LogP contribution in [0.15, 0.2) is 6.20 Å². The van der Waals surface area contributed by atoms with Crippen molar-refractivity contribution in [2.75, 3.05) is 6.54 Å². The fourth-order valence-electron chi connectivity index (χ4n) is 1.62. The summed E-state index contributed by atoms with van der Waals surface area (Å²) in [5.41, 5.74) is 6.47. The number of carbonyl (C=O) groups is 1. The number of rotatable bonds is 2. The molecule has 14 heavy (non-hydrogen) atoms. The molecule has 1 aromatic rings. The maximum absolute atomic E-state index is 11.4. The van der Waals surface area contributed by atoms with E-state index in [0.717, 1.165) is 5.69 Å². The van der Waals surface area contributed by atoms with E-state index in [2.05, 4.69) is 10.3 Å². The maximum atomic E-state index is 11.4. The van der Waals surface area contributed by atoms with Crippen molar-refractivity contribution < 1.29 is 4.79 Å². The van der Waals surface area contributed by atoms with Crippen molar-refractivity contribution in [3.63, 3.8) is 0 Å². The number of aryl methyl sites for hydroxylation is 1. The van der Waals surface area contributed by atoms with Crippen LogP contribution in [-0.2, 0) is 18.4 Å². The minimum Gasteiger partial charge on any atom is -0.335 e. The topological polar surface area (TPSA) is 77.0 Å². The molecule has 76 valence electrons. The van der Waals surface area contributed by atoms with Gasteiger partial charge in [-0.1, -0.05) is 5.21 Å². The van der Waals surface area contributed by atoms with Gasteiger partial charge in [0.05, 0.1) is 6.54 Å². The molecule has 0 spiro atoms. The maximum Gasteiger partial charge on any atom is 0.224 e. The third-order valence-corrected chi connectivity index (χ3v) is 2.25. The molecule has 2 N–H and O–H groups in total. The van der Waals surface area contributed by atoms with Gasteiger partial charge < -0.3 is 10.6 Å². The van der Waals surface area contributed by atoms with Gasteiger partial charge in [0.1, 0.15) is 5.69 Å². The van der Waals surface area contributed by atoms with Gasteiger partial charge in [-0.15, -0.1) is 5.10 Å². The number of amides is 1. The smallest absolute Gasteiger partial charge is 0.224 e. The molecule has 1 amide bonds. The first-order valence-corrected chi connectivity index (χ1v) is 4.53. The number of nitrogens with zero attached hydrogens (tertiary/aromatic N) is 4. The van der Waals surface area contributed by atoms with Crippen LogP contribution in [0.4, 0.5) is 0 Å². The van der Waals surface area contributed by atoms with E-state index >= 15 is 0 Å². The molecule has 0 bridgehead atoms. The Hall–Kier alpha value is -1.43. The molecule has 6 heteroatoms. The molecule has 1 atom stereocenters. The van der Waals surface area contributed by atoms with Crippen molar-refractivity contribution in [3.05, 3.63) is 11.9 Å². The summed E-state index contributed by atoms with van der Waals surface area (Å²) >= 11 is 0. The first kappa shape index (κ1) is 9.14. The molecule has 0 saturated carbocycles. The van der Waals surface area contributed by atoms with Crippen molar-refractivity contribution in [2.45, 2.75) is 19.0 Å². The summed E-state index contributed by atoms with van der Waals surface area (Å²) in [7, 11) is 1.80. The lowest BCUT2D eigenvalue weighted by Gasteiger charge is -2.13. The van der Waals surface area contributed by atoms with Gasteiger partial charge in [0.15, 0.2) is 0 Å². The Morgan fingerprint density at radius 1 is 1.71 bits per heavy atom. The summed E-state index contributed by atoms with van der Waals surface area (Å²) in [6.07, 6.45) is 2.25. The minimum absolute atomic E-state index is 0.0285. The Morgan fingerprint density at radius 3 is 3.00 bits per heavy atom. The van der Waals surface area contributed by atoms with Gasteiger partial charge in [-0.05, 0) is 0 Å². The number of hydrogen-bond acceptors (Lipinski definition) is 4. The number of carbonyl (C=O) groups excluding carboxylic acids is 1. The van der Waals surface area contributed by atoms with Crippen LogP contribution in [0, 0.1) is 0 Å². The quantitative estimate of drug-likeness (QED) is 0.648. The summed E-state index contributed by atoms with van der Waals surface area (Å²) in [5.74, 6) is 0.100. The van der Waals surface area contributed by atoms with Crippen LogP contribution in [0.5, 0.6) is 0 Å². The third kappa shape index (κ3) is 1.74. The molecule has 0 aliphatic carbocycles. The first-order chi connectivity index (χ1) is 6.65. The summed E-state index contributed by atoms with van der Waals surface area (Å²) in [6.45, 7) is 1.13. The van der Waals surface area contributed by atoms with Crippen LogP contribution in [0.3, 0.4) is 0 Å². The molecule has 6 nitrogen and oxygen atoms in total. The predicted octanol–water partition coefficient (Wildman–Crippen LogP) is -1.13. The van der Waals surface area contributed by atoms with E-state index in [1.165, 1.54) is 0 Å². The van der Waals surface area contributed by atoms with Gasteiger partial charge in [-0.25, -0.2) is 0 Å². The van der Waals surface area contributed by atoms with E-state index < -0.39 is 0 Å². The lowest BCUT2D eigenvalue weighted by atomic mass is 10.3. The normalized spacial score (nSPS) is 22.0. The van der Waals surface area contributed by atoms with Gasteiger partial charge in [0, 0.05) is 32.3 Å². The minimum atomic E-state index is -0.0285. The van der Waals surface area contributed by atoms with E-state index in [4.69, 9.17) is 5.73 Å². The molecular formula is C8H13N5O. The van der Waals surface area contributed by atoms with Crippen LogP contribution in [-0.4, -0.2) is 38.4 Å². The van der Waals surface area contributed by atoms with Gasteiger partial charge in [-0.3, -0.25) is 9.48 Å². The molecule has 0 radical (unpaired) electrons. The number of nitrogens with two attached hydrogens (primary N) is 1. The second-order valence-corrected chi connectivity index (χ2v) is 3.62. The molecule has 1 aromatic heterocycles. The highest BCUT2D eigenvalue weighted by Crippen LogP contribution is 2.11. The fourth-order valence-corrected chi connectivity index (χ4v) is 1.62. The van der Waals surface area contributed by atoms with Crippen LogP contribution in [0.1, 0.15) is 12.1 Å². The Bertz CT molecular complexity index is 347. The van der Waals surface area contributed by atoms with Crippen LogP contribution >= 0.6 is 0 Å². The van der Waals surface area contributed by atoms with E-state index in [1.807, 2.05) is 0 Å².